The van der Waals surface area contributed by atoms with E-state index in [1.165, 1.54) is 25.1 Å². The summed E-state index contributed by atoms with van der Waals surface area (Å²) in [6, 6.07) is 9.32. The van der Waals surface area contributed by atoms with Gasteiger partial charge in [0.2, 0.25) is 6.79 Å². The molecule has 31 heavy (non-hydrogen) atoms. The van der Waals surface area contributed by atoms with Gasteiger partial charge in [-0.25, -0.2) is 4.79 Å². The summed E-state index contributed by atoms with van der Waals surface area (Å²) in [6.07, 6.45) is -3.11. The van der Waals surface area contributed by atoms with Crippen LogP contribution < -0.4 is 14.4 Å². The fourth-order valence-electron chi connectivity index (χ4n) is 3.48. The third-order valence-electron chi connectivity index (χ3n) is 4.93. The normalized spacial score (nSPS) is 17.0. The number of nitrogens with zero attached hydrogens (tertiary/aromatic N) is 1. The number of benzene rings is 2. The number of esters is 1. The number of alkyl halides is 3. The molecule has 0 aromatic heterocycles. The van der Waals surface area contributed by atoms with Crippen molar-refractivity contribution in [2.75, 3.05) is 18.8 Å². The Morgan fingerprint density at radius 3 is 2.58 bits per heavy atom. The maximum absolute atomic E-state index is 13.2. The average molecular weight is 431 g/mol. The predicted octanol–water partition coefficient (Wildman–Crippen LogP) is 4.31. The third-order valence-corrected chi connectivity index (χ3v) is 4.93. The van der Waals surface area contributed by atoms with E-state index < -0.39 is 23.6 Å². The Bertz CT molecular complexity index is 1150. The number of halogens is 3. The summed E-state index contributed by atoms with van der Waals surface area (Å²) in [7, 11) is 1.16. The van der Waals surface area contributed by atoms with Crippen LogP contribution in [0.4, 0.5) is 18.9 Å². The van der Waals surface area contributed by atoms with Crippen LogP contribution in [0.1, 0.15) is 18.1 Å². The number of carbonyl (C=O) groups is 2. The van der Waals surface area contributed by atoms with E-state index in [0.29, 0.717) is 17.1 Å². The van der Waals surface area contributed by atoms with Crippen LogP contribution in [0.2, 0.25) is 0 Å². The van der Waals surface area contributed by atoms with Gasteiger partial charge in [0.25, 0.3) is 5.91 Å². The molecule has 2 aliphatic heterocycles. The van der Waals surface area contributed by atoms with Gasteiger partial charge in [-0.05, 0) is 48.9 Å². The van der Waals surface area contributed by atoms with E-state index in [1.54, 1.807) is 18.2 Å². The maximum Gasteiger partial charge on any atom is 0.416 e. The molecule has 9 heteroatoms. The van der Waals surface area contributed by atoms with Crippen molar-refractivity contribution >= 4 is 23.6 Å². The molecule has 2 aromatic rings. The first-order valence-electron chi connectivity index (χ1n) is 9.13. The molecule has 0 saturated carbocycles. The lowest BCUT2D eigenvalue weighted by Gasteiger charge is -2.19. The van der Waals surface area contributed by atoms with Crippen molar-refractivity contribution in [3.05, 3.63) is 70.4 Å². The number of hydrogen-bond acceptors (Lipinski definition) is 5. The molecular weight excluding hydrogens is 415 g/mol. The molecule has 0 saturated heterocycles. The molecule has 0 unspecified atom stereocenters. The van der Waals surface area contributed by atoms with Crippen LogP contribution in [-0.2, 0) is 20.5 Å². The zero-order valence-corrected chi connectivity index (χ0v) is 16.4. The maximum atomic E-state index is 13.2. The van der Waals surface area contributed by atoms with Gasteiger partial charge < -0.3 is 14.2 Å². The van der Waals surface area contributed by atoms with Crippen LogP contribution in [0.25, 0.3) is 6.08 Å². The van der Waals surface area contributed by atoms with Gasteiger partial charge in [0.05, 0.1) is 23.8 Å². The second kappa shape index (κ2) is 7.50. The molecule has 0 N–H and O–H groups in total. The molecule has 160 valence electrons. The topological polar surface area (TPSA) is 65.1 Å². The summed E-state index contributed by atoms with van der Waals surface area (Å²) in [5.41, 5.74) is -0.217. The molecule has 1 amide bonds. The minimum Gasteiger partial charge on any atom is -0.465 e. The molecule has 0 spiro atoms. The number of ether oxygens (including phenoxy) is 3. The highest BCUT2D eigenvalue weighted by atomic mass is 19.4. The lowest BCUT2D eigenvalue weighted by Crippen LogP contribution is -2.24. The molecule has 0 atom stereocenters. The summed E-state index contributed by atoms with van der Waals surface area (Å²) in [4.78, 5) is 26.7. The molecule has 6 nitrogen and oxygen atoms in total. The Morgan fingerprint density at radius 2 is 1.87 bits per heavy atom. The van der Waals surface area contributed by atoms with Crippen LogP contribution in [0.15, 0.2) is 59.3 Å². The van der Waals surface area contributed by atoms with E-state index in [1.807, 2.05) is 0 Å². The first-order chi connectivity index (χ1) is 14.7. The Hall–Kier alpha value is -3.75. The fraction of sp³-hybridized carbons (Fsp3) is 0.182. The molecule has 2 aliphatic rings. The highest BCUT2D eigenvalue weighted by Gasteiger charge is 2.39. The van der Waals surface area contributed by atoms with Gasteiger partial charge in [-0.2, -0.15) is 13.2 Å². The Kier molecular flexibility index (Phi) is 4.96. The number of carbonyl (C=O) groups excluding carboxylic acids is 2. The Morgan fingerprint density at radius 1 is 1.13 bits per heavy atom. The van der Waals surface area contributed by atoms with Crippen LogP contribution in [0, 0.1) is 0 Å². The number of amides is 1. The highest BCUT2D eigenvalue weighted by Crippen LogP contribution is 2.39. The number of fused-ring (bicyclic) bond motifs is 1. The van der Waals surface area contributed by atoms with Crippen molar-refractivity contribution in [1.29, 1.82) is 0 Å². The van der Waals surface area contributed by atoms with E-state index in [-0.39, 0.29) is 29.3 Å². The molecule has 0 radical (unpaired) electrons. The van der Waals surface area contributed by atoms with Crippen LogP contribution in [0.5, 0.6) is 11.5 Å². The van der Waals surface area contributed by atoms with E-state index >= 15 is 0 Å². The van der Waals surface area contributed by atoms with Gasteiger partial charge in [0, 0.05) is 11.4 Å². The van der Waals surface area contributed by atoms with E-state index in [0.717, 1.165) is 24.1 Å². The zero-order valence-electron chi connectivity index (χ0n) is 16.4. The average Bonchev–Trinajstić information content (AvgIpc) is 3.29. The molecule has 0 fully saturated rings. The molecule has 2 heterocycles. The van der Waals surface area contributed by atoms with Gasteiger partial charge in [0.15, 0.2) is 11.5 Å². The summed E-state index contributed by atoms with van der Waals surface area (Å²) < 4.78 is 54.9. The van der Waals surface area contributed by atoms with Crippen molar-refractivity contribution in [2.45, 2.75) is 13.1 Å². The fourth-order valence-corrected chi connectivity index (χ4v) is 3.48. The van der Waals surface area contributed by atoms with Crippen LogP contribution in [0.3, 0.4) is 0 Å². The van der Waals surface area contributed by atoms with Gasteiger partial charge >= 0.3 is 12.1 Å². The van der Waals surface area contributed by atoms with Gasteiger partial charge in [0.1, 0.15) is 0 Å². The summed E-state index contributed by atoms with van der Waals surface area (Å²) >= 11 is 0. The van der Waals surface area contributed by atoms with Gasteiger partial charge in [-0.3, -0.25) is 9.69 Å². The third kappa shape index (κ3) is 3.63. The minimum atomic E-state index is -4.58. The summed E-state index contributed by atoms with van der Waals surface area (Å²) in [6.45, 7) is 1.55. The van der Waals surface area contributed by atoms with Crippen LogP contribution >= 0.6 is 0 Å². The van der Waals surface area contributed by atoms with E-state index in [2.05, 4.69) is 0 Å². The molecule has 4 rings (SSSR count). The monoisotopic (exact) mass is 431 g/mol. The zero-order chi connectivity index (χ0) is 22.3. The standard InChI is InChI=1S/C22H16F3NO5/c1-12-19(21(28)29-2)16(8-13-6-7-17-18(9-13)31-11-30-17)20(27)26(12)15-5-3-4-14(10-15)22(23,24)25/h3-10H,11H2,1-2H3/b16-8-. The van der Waals surface area contributed by atoms with Crippen molar-refractivity contribution in [3.8, 4) is 11.5 Å². The Balaban J connectivity index is 1.81. The first-order valence-corrected chi connectivity index (χ1v) is 9.13. The number of methoxy groups -OCH3 is 1. The highest BCUT2D eigenvalue weighted by molar-refractivity contribution is 6.23. The smallest absolute Gasteiger partial charge is 0.416 e. The lowest BCUT2D eigenvalue weighted by atomic mass is 10.0. The van der Waals surface area contributed by atoms with Crippen molar-refractivity contribution in [3.63, 3.8) is 0 Å². The molecule has 0 bridgehead atoms. The lowest BCUT2D eigenvalue weighted by molar-refractivity contribution is -0.137. The predicted molar refractivity (Wildman–Crippen MR) is 104 cm³/mol. The van der Waals surface area contributed by atoms with E-state index in [4.69, 9.17) is 14.2 Å². The summed E-state index contributed by atoms with van der Waals surface area (Å²) in [5.74, 6) is -0.387. The van der Waals surface area contributed by atoms with Crippen LogP contribution in [-0.4, -0.2) is 25.8 Å². The minimum absolute atomic E-state index is 0.000581. The summed E-state index contributed by atoms with van der Waals surface area (Å²) in [5, 5.41) is 0. The molecule has 0 aliphatic carbocycles. The molecule has 2 aromatic carbocycles. The SMILES string of the molecule is COC(=O)C1=C(C)N(c2cccc(C(F)(F)F)c2)C(=O)/C1=C\c1ccc2c(c1)OCO2. The second-order valence-electron chi connectivity index (χ2n) is 6.81. The Labute approximate surface area is 175 Å². The first kappa shape index (κ1) is 20.5. The number of hydrogen-bond donors (Lipinski definition) is 0. The quantitative estimate of drug-likeness (QED) is 0.535. The second-order valence-corrected chi connectivity index (χ2v) is 6.81. The van der Waals surface area contributed by atoms with Crippen molar-refractivity contribution < 1.29 is 37.0 Å². The van der Waals surface area contributed by atoms with Gasteiger partial charge in [-0.15, -0.1) is 0 Å². The number of anilines is 1. The van der Waals surface area contributed by atoms with Crippen molar-refractivity contribution in [2.24, 2.45) is 0 Å². The number of allylic oxidation sites excluding steroid dienone is 1. The molecular formula is C22H16F3NO5. The number of rotatable bonds is 3. The van der Waals surface area contributed by atoms with Gasteiger partial charge in [-0.1, -0.05) is 12.1 Å². The van der Waals surface area contributed by atoms with Crippen molar-refractivity contribution in [1.82, 2.24) is 0 Å². The largest absolute Gasteiger partial charge is 0.465 e. The van der Waals surface area contributed by atoms with E-state index in [9.17, 15) is 22.8 Å².